The first-order valence-electron chi connectivity index (χ1n) is 7.09. The summed E-state index contributed by atoms with van der Waals surface area (Å²) in [4.78, 5) is 0. The van der Waals surface area contributed by atoms with Crippen LogP contribution < -0.4 is 24.0 Å². The first kappa shape index (κ1) is 18.4. The van der Waals surface area contributed by atoms with Gasteiger partial charge in [-0.25, -0.2) is 0 Å². The van der Waals surface area contributed by atoms with E-state index in [-0.39, 0.29) is 24.0 Å². The first-order valence-corrected chi connectivity index (χ1v) is 7.09. The fraction of sp³-hybridized carbons (Fsp3) is 0.875. The quantitative estimate of drug-likeness (QED) is 0.399. The summed E-state index contributed by atoms with van der Waals surface area (Å²) in [5, 5.41) is 0. The molecule has 0 aromatic carbocycles. The van der Waals surface area contributed by atoms with Crippen LogP contribution in [0.4, 0.5) is 0 Å². The molecular formula is C16H32IN. The van der Waals surface area contributed by atoms with Gasteiger partial charge in [-0.2, -0.15) is 0 Å². The predicted molar refractivity (Wildman–Crippen MR) is 76.9 cm³/mol. The van der Waals surface area contributed by atoms with Crippen molar-refractivity contribution in [3.63, 3.8) is 0 Å². The van der Waals surface area contributed by atoms with Crippen molar-refractivity contribution >= 4 is 0 Å². The lowest BCUT2D eigenvalue weighted by Crippen LogP contribution is -3.00. The van der Waals surface area contributed by atoms with Gasteiger partial charge in [0.25, 0.3) is 0 Å². The van der Waals surface area contributed by atoms with E-state index in [4.69, 9.17) is 0 Å². The lowest BCUT2D eigenvalue weighted by Gasteiger charge is -2.38. The van der Waals surface area contributed by atoms with Crippen LogP contribution in [0.25, 0.3) is 0 Å². The van der Waals surface area contributed by atoms with Gasteiger partial charge in [0.1, 0.15) is 6.04 Å². The molecule has 18 heavy (non-hydrogen) atoms. The molecule has 2 heteroatoms. The van der Waals surface area contributed by atoms with Gasteiger partial charge < -0.3 is 28.5 Å². The molecule has 1 aliphatic rings. The number of rotatable bonds is 3. The van der Waals surface area contributed by atoms with Crippen LogP contribution >= 0.6 is 0 Å². The van der Waals surface area contributed by atoms with Gasteiger partial charge in [0, 0.05) is 0 Å². The van der Waals surface area contributed by atoms with Crippen LogP contribution in [0.3, 0.4) is 0 Å². The molecule has 3 unspecified atom stereocenters. The van der Waals surface area contributed by atoms with Crippen LogP contribution in [-0.4, -0.2) is 31.7 Å². The molecule has 0 radical (unpaired) electrons. The Morgan fingerprint density at radius 1 is 1.17 bits per heavy atom. The maximum absolute atomic E-state index is 2.49. The fourth-order valence-electron chi connectivity index (χ4n) is 3.14. The number of hydrogen-bond donors (Lipinski definition) is 0. The third kappa shape index (κ3) is 6.05. The number of quaternary nitrogens is 1. The molecule has 0 saturated heterocycles. The molecule has 108 valence electrons. The van der Waals surface area contributed by atoms with E-state index in [1.807, 2.05) is 0 Å². The molecule has 1 saturated carbocycles. The molecule has 0 bridgehead atoms. The van der Waals surface area contributed by atoms with Crippen LogP contribution in [0.5, 0.6) is 0 Å². The van der Waals surface area contributed by atoms with Crippen LogP contribution in [0.2, 0.25) is 0 Å². The smallest absolute Gasteiger partial charge is 0.104 e. The van der Waals surface area contributed by atoms with Gasteiger partial charge >= 0.3 is 0 Å². The summed E-state index contributed by atoms with van der Waals surface area (Å²) >= 11 is 0. The molecule has 1 nitrogen and oxygen atoms in total. The Morgan fingerprint density at radius 2 is 1.72 bits per heavy atom. The summed E-state index contributed by atoms with van der Waals surface area (Å²) in [7, 11) is 6.80. The molecule has 1 rings (SSSR count). The molecule has 0 amide bonds. The second-order valence-electron chi connectivity index (χ2n) is 7.92. The minimum atomic E-state index is 0. The van der Waals surface area contributed by atoms with Crippen molar-refractivity contribution in [2.24, 2.45) is 17.3 Å². The molecular weight excluding hydrogens is 333 g/mol. The van der Waals surface area contributed by atoms with Gasteiger partial charge in [-0.15, -0.1) is 0 Å². The summed E-state index contributed by atoms with van der Waals surface area (Å²) < 4.78 is 1.02. The molecule has 0 aromatic rings. The van der Waals surface area contributed by atoms with Gasteiger partial charge in [0.2, 0.25) is 0 Å². The Kier molecular flexibility index (Phi) is 6.90. The van der Waals surface area contributed by atoms with Crippen molar-refractivity contribution in [2.45, 2.75) is 53.0 Å². The third-order valence-corrected chi connectivity index (χ3v) is 4.30. The highest BCUT2D eigenvalue weighted by Crippen LogP contribution is 2.42. The minimum absolute atomic E-state index is 0. The van der Waals surface area contributed by atoms with E-state index in [9.17, 15) is 0 Å². The van der Waals surface area contributed by atoms with E-state index in [1.165, 1.54) is 19.3 Å². The normalized spacial score (nSPS) is 29.9. The van der Waals surface area contributed by atoms with Crippen LogP contribution in [0, 0.1) is 17.3 Å². The number of halogens is 1. The summed E-state index contributed by atoms with van der Waals surface area (Å²) in [5.74, 6) is 1.68. The number of nitrogens with zero attached hydrogens (tertiary/aromatic N) is 1. The lowest BCUT2D eigenvalue weighted by molar-refractivity contribution is -0.887. The van der Waals surface area contributed by atoms with Crippen LogP contribution in [0.1, 0.15) is 47.0 Å². The van der Waals surface area contributed by atoms with Crippen molar-refractivity contribution in [1.82, 2.24) is 0 Å². The van der Waals surface area contributed by atoms with Crippen molar-refractivity contribution < 1.29 is 28.5 Å². The van der Waals surface area contributed by atoms with E-state index in [2.05, 4.69) is 61.0 Å². The van der Waals surface area contributed by atoms with Crippen LogP contribution in [-0.2, 0) is 0 Å². The van der Waals surface area contributed by atoms with Crippen LogP contribution in [0.15, 0.2) is 12.2 Å². The first-order chi connectivity index (χ1) is 7.60. The standard InChI is InChI=1S/C16H32N.HI/c1-13-10-15(12-16(3,4)11-13)9-8-14(2)17(5,6)7;/h8-9,13-15H,10-12H2,1-7H3;1H/q+1;/p-1. The Labute approximate surface area is 132 Å². The Hall–Kier alpha value is 0.430. The van der Waals surface area contributed by atoms with Gasteiger partial charge in [0.15, 0.2) is 0 Å². The second-order valence-corrected chi connectivity index (χ2v) is 7.92. The number of allylic oxidation sites excluding steroid dienone is 1. The molecule has 1 fully saturated rings. The van der Waals surface area contributed by atoms with E-state index in [1.54, 1.807) is 0 Å². The molecule has 0 heterocycles. The average molecular weight is 365 g/mol. The zero-order chi connectivity index (χ0) is 13.3. The van der Waals surface area contributed by atoms with Gasteiger partial charge in [0.05, 0.1) is 21.1 Å². The lowest BCUT2D eigenvalue weighted by atomic mass is 9.68. The highest BCUT2D eigenvalue weighted by atomic mass is 127. The highest BCUT2D eigenvalue weighted by molar-refractivity contribution is 4.97. The Bertz CT molecular complexity index is 275. The second kappa shape index (κ2) is 6.74. The van der Waals surface area contributed by atoms with Crippen molar-refractivity contribution in [3.05, 3.63) is 12.2 Å². The summed E-state index contributed by atoms with van der Waals surface area (Å²) in [6.07, 6.45) is 9.05. The molecule has 0 spiro atoms. The molecule has 0 N–H and O–H groups in total. The Morgan fingerprint density at radius 3 is 2.17 bits per heavy atom. The maximum atomic E-state index is 2.49. The third-order valence-electron chi connectivity index (χ3n) is 4.30. The maximum Gasteiger partial charge on any atom is 0.104 e. The van der Waals surface area contributed by atoms with Crippen molar-refractivity contribution in [3.8, 4) is 0 Å². The Balaban J connectivity index is 0.00000289. The van der Waals surface area contributed by atoms with E-state index < -0.39 is 0 Å². The SMILES string of the molecule is CC1CC(C=CC(C)[N+](C)(C)C)CC(C)(C)C1.[I-]. The zero-order valence-electron chi connectivity index (χ0n) is 13.3. The minimum Gasteiger partial charge on any atom is -1.00 e. The van der Waals surface area contributed by atoms with Crippen molar-refractivity contribution in [2.75, 3.05) is 21.1 Å². The van der Waals surface area contributed by atoms with E-state index in [0.717, 1.165) is 16.3 Å². The van der Waals surface area contributed by atoms with E-state index >= 15 is 0 Å². The van der Waals surface area contributed by atoms with Gasteiger partial charge in [-0.05, 0) is 49.5 Å². The molecule has 0 aliphatic heterocycles. The summed E-state index contributed by atoms with van der Waals surface area (Å²) in [5.41, 5.74) is 0.534. The fourth-order valence-corrected chi connectivity index (χ4v) is 3.14. The highest BCUT2D eigenvalue weighted by Gasteiger charge is 2.30. The predicted octanol–water partition coefficient (Wildman–Crippen LogP) is 1.10. The number of likely N-dealkylation sites (N-methyl/N-ethyl adjacent to an activating group) is 1. The van der Waals surface area contributed by atoms with Gasteiger partial charge in [-0.1, -0.05) is 26.8 Å². The monoisotopic (exact) mass is 365 g/mol. The molecule has 3 atom stereocenters. The van der Waals surface area contributed by atoms with Crippen molar-refractivity contribution in [1.29, 1.82) is 0 Å². The number of hydrogen-bond acceptors (Lipinski definition) is 0. The molecule has 0 aromatic heterocycles. The zero-order valence-corrected chi connectivity index (χ0v) is 15.5. The summed E-state index contributed by atoms with van der Waals surface area (Å²) in [6, 6.07) is 0.607. The topological polar surface area (TPSA) is 0 Å². The van der Waals surface area contributed by atoms with E-state index in [0.29, 0.717) is 11.5 Å². The molecule has 1 aliphatic carbocycles. The largest absolute Gasteiger partial charge is 1.00 e. The summed E-state index contributed by atoms with van der Waals surface area (Å²) in [6.45, 7) is 9.57. The van der Waals surface area contributed by atoms with Gasteiger partial charge in [-0.3, -0.25) is 0 Å². The average Bonchev–Trinajstić information content (AvgIpc) is 2.09.